The summed E-state index contributed by atoms with van der Waals surface area (Å²) in [4.78, 5) is 6.18. The molecule has 0 bridgehead atoms. The Morgan fingerprint density at radius 3 is 2.88 bits per heavy atom. The van der Waals surface area contributed by atoms with Crippen LogP contribution in [0.3, 0.4) is 0 Å². The standard InChI is InChI=1S/C12H20N2O3/c1-10(16)11-3-4-13-12(9-11)14(2)5-7-17-8-6-15/h3-4,9-10,15-16H,5-8H2,1-2H3. The maximum atomic E-state index is 9.48. The zero-order valence-electron chi connectivity index (χ0n) is 10.3. The van der Waals surface area contributed by atoms with E-state index in [1.165, 1.54) is 0 Å². The third-order valence-electron chi connectivity index (χ3n) is 2.45. The molecule has 0 radical (unpaired) electrons. The Morgan fingerprint density at radius 1 is 1.47 bits per heavy atom. The Morgan fingerprint density at radius 2 is 2.24 bits per heavy atom. The van der Waals surface area contributed by atoms with Crippen LogP contribution >= 0.6 is 0 Å². The molecule has 0 amide bonds. The highest BCUT2D eigenvalue weighted by Crippen LogP contribution is 2.16. The first-order valence-electron chi connectivity index (χ1n) is 5.69. The van der Waals surface area contributed by atoms with Gasteiger partial charge in [-0.05, 0) is 24.6 Å². The fourth-order valence-corrected chi connectivity index (χ4v) is 1.39. The summed E-state index contributed by atoms with van der Waals surface area (Å²) in [6.45, 7) is 3.35. The quantitative estimate of drug-likeness (QED) is 0.682. The van der Waals surface area contributed by atoms with Crippen LogP contribution in [0.15, 0.2) is 18.3 Å². The number of likely N-dealkylation sites (N-methyl/N-ethyl adjacent to an activating group) is 1. The molecule has 0 aliphatic heterocycles. The molecular weight excluding hydrogens is 220 g/mol. The average Bonchev–Trinajstić information content (AvgIpc) is 2.34. The van der Waals surface area contributed by atoms with Crippen LogP contribution in [0, 0.1) is 0 Å². The first-order chi connectivity index (χ1) is 8.15. The van der Waals surface area contributed by atoms with Gasteiger partial charge in [-0.3, -0.25) is 0 Å². The normalized spacial score (nSPS) is 12.5. The minimum atomic E-state index is -0.490. The van der Waals surface area contributed by atoms with Crippen molar-refractivity contribution in [3.8, 4) is 0 Å². The second kappa shape index (κ2) is 7.21. The molecule has 0 saturated heterocycles. The summed E-state index contributed by atoms with van der Waals surface area (Å²) in [5.41, 5.74) is 0.845. The Labute approximate surface area is 102 Å². The van der Waals surface area contributed by atoms with Gasteiger partial charge in [0.05, 0.1) is 25.9 Å². The molecule has 2 N–H and O–H groups in total. The van der Waals surface area contributed by atoms with Gasteiger partial charge >= 0.3 is 0 Å². The molecule has 5 heteroatoms. The molecule has 0 aliphatic carbocycles. The Kier molecular flexibility index (Phi) is 5.90. The van der Waals surface area contributed by atoms with Crippen molar-refractivity contribution in [1.82, 2.24) is 4.98 Å². The predicted molar refractivity (Wildman–Crippen MR) is 66.0 cm³/mol. The molecule has 0 aromatic carbocycles. The molecule has 1 aromatic rings. The maximum Gasteiger partial charge on any atom is 0.128 e. The van der Waals surface area contributed by atoms with E-state index in [9.17, 15) is 5.11 Å². The third kappa shape index (κ3) is 4.68. The van der Waals surface area contributed by atoms with E-state index in [1.807, 2.05) is 18.0 Å². The predicted octanol–water partition coefficient (Wildman–Crippen LogP) is 0.580. The number of aliphatic hydroxyl groups excluding tert-OH is 2. The molecule has 1 heterocycles. The second-order valence-electron chi connectivity index (χ2n) is 3.88. The number of anilines is 1. The monoisotopic (exact) mass is 240 g/mol. The van der Waals surface area contributed by atoms with E-state index in [1.54, 1.807) is 19.2 Å². The average molecular weight is 240 g/mol. The van der Waals surface area contributed by atoms with Gasteiger partial charge in [-0.1, -0.05) is 0 Å². The molecule has 1 rings (SSSR count). The maximum absolute atomic E-state index is 9.48. The number of aromatic nitrogens is 1. The van der Waals surface area contributed by atoms with E-state index in [4.69, 9.17) is 9.84 Å². The van der Waals surface area contributed by atoms with E-state index in [0.29, 0.717) is 19.8 Å². The van der Waals surface area contributed by atoms with Gasteiger partial charge in [-0.2, -0.15) is 0 Å². The lowest BCUT2D eigenvalue weighted by atomic mass is 10.2. The van der Waals surface area contributed by atoms with Crippen molar-refractivity contribution >= 4 is 5.82 Å². The molecular formula is C12H20N2O3. The Hall–Kier alpha value is -1.17. The van der Waals surface area contributed by atoms with E-state index in [2.05, 4.69) is 4.98 Å². The van der Waals surface area contributed by atoms with Crippen molar-refractivity contribution in [1.29, 1.82) is 0 Å². The van der Waals surface area contributed by atoms with Crippen LogP contribution in [0.1, 0.15) is 18.6 Å². The van der Waals surface area contributed by atoms with Crippen LogP contribution in [0.25, 0.3) is 0 Å². The number of nitrogens with zero attached hydrogens (tertiary/aromatic N) is 2. The zero-order chi connectivity index (χ0) is 12.7. The Balaban J connectivity index is 2.50. The minimum absolute atomic E-state index is 0.0411. The lowest BCUT2D eigenvalue weighted by molar-refractivity contribution is 0.0970. The van der Waals surface area contributed by atoms with Gasteiger partial charge < -0.3 is 19.8 Å². The van der Waals surface area contributed by atoms with Gasteiger partial charge in [0.25, 0.3) is 0 Å². The molecule has 96 valence electrons. The second-order valence-corrected chi connectivity index (χ2v) is 3.88. The van der Waals surface area contributed by atoms with Gasteiger partial charge in [-0.15, -0.1) is 0 Å². The topological polar surface area (TPSA) is 65.8 Å². The molecule has 17 heavy (non-hydrogen) atoms. The number of hydrogen-bond donors (Lipinski definition) is 2. The van der Waals surface area contributed by atoms with E-state index < -0.39 is 6.10 Å². The molecule has 1 aromatic heterocycles. The largest absolute Gasteiger partial charge is 0.394 e. The van der Waals surface area contributed by atoms with Crippen molar-refractivity contribution in [2.24, 2.45) is 0 Å². The summed E-state index contributed by atoms with van der Waals surface area (Å²) in [7, 11) is 1.91. The summed E-state index contributed by atoms with van der Waals surface area (Å²) in [6.07, 6.45) is 1.19. The van der Waals surface area contributed by atoms with Crippen LogP contribution in [0.4, 0.5) is 5.82 Å². The van der Waals surface area contributed by atoms with E-state index >= 15 is 0 Å². The van der Waals surface area contributed by atoms with Crippen LogP contribution in [0.5, 0.6) is 0 Å². The fraction of sp³-hybridized carbons (Fsp3) is 0.583. The Bertz CT molecular complexity index is 331. The molecule has 0 spiro atoms. The number of rotatable bonds is 7. The summed E-state index contributed by atoms with van der Waals surface area (Å²) in [5.74, 6) is 0.802. The van der Waals surface area contributed by atoms with Crippen LogP contribution in [0.2, 0.25) is 0 Å². The SMILES string of the molecule is CC(O)c1ccnc(N(C)CCOCCO)c1. The highest BCUT2D eigenvalue weighted by Gasteiger charge is 2.06. The van der Waals surface area contributed by atoms with Gasteiger partial charge in [0.2, 0.25) is 0 Å². The summed E-state index contributed by atoms with van der Waals surface area (Å²) in [5, 5.41) is 18.0. The number of aliphatic hydroxyl groups is 2. The number of pyridine rings is 1. The van der Waals surface area contributed by atoms with Gasteiger partial charge in [0.15, 0.2) is 0 Å². The van der Waals surface area contributed by atoms with Crippen molar-refractivity contribution in [3.63, 3.8) is 0 Å². The van der Waals surface area contributed by atoms with Crippen LogP contribution in [-0.2, 0) is 4.74 Å². The fourth-order valence-electron chi connectivity index (χ4n) is 1.39. The highest BCUT2D eigenvalue weighted by atomic mass is 16.5. The third-order valence-corrected chi connectivity index (χ3v) is 2.45. The summed E-state index contributed by atoms with van der Waals surface area (Å²) in [6, 6.07) is 3.65. The van der Waals surface area contributed by atoms with Crippen molar-refractivity contribution in [2.45, 2.75) is 13.0 Å². The summed E-state index contributed by atoms with van der Waals surface area (Å²) >= 11 is 0. The number of ether oxygens (including phenoxy) is 1. The minimum Gasteiger partial charge on any atom is -0.394 e. The van der Waals surface area contributed by atoms with Crippen LogP contribution < -0.4 is 4.90 Å². The lowest BCUT2D eigenvalue weighted by Gasteiger charge is -2.19. The number of hydrogen-bond acceptors (Lipinski definition) is 5. The molecule has 0 saturated carbocycles. The molecule has 1 atom stereocenters. The first kappa shape index (κ1) is 13.9. The van der Waals surface area contributed by atoms with E-state index in [-0.39, 0.29) is 6.61 Å². The zero-order valence-corrected chi connectivity index (χ0v) is 10.3. The van der Waals surface area contributed by atoms with Crippen molar-refractivity contribution in [2.75, 3.05) is 38.3 Å². The smallest absolute Gasteiger partial charge is 0.128 e. The van der Waals surface area contributed by atoms with Crippen LogP contribution in [-0.4, -0.2) is 48.6 Å². The highest BCUT2D eigenvalue weighted by molar-refractivity contribution is 5.40. The summed E-state index contributed by atoms with van der Waals surface area (Å²) < 4.78 is 5.18. The van der Waals surface area contributed by atoms with Crippen molar-refractivity contribution < 1.29 is 14.9 Å². The molecule has 0 fully saturated rings. The van der Waals surface area contributed by atoms with Gasteiger partial charge in [0.1, 0.15) is 5.82 Å². The van der Waals surface area contributed by atoms with E-state index in [0.717, 1.165) is 11.4 Å². The molecule has 0 aliphatic rings. The molecule has 1 unspecified atom stereocenters. The van der Waals surface area contributed by atoms with Gasteiger partial charge in [0, 0.05) is 19.8 Å². The lowest BCUT2D eigenvalue weighted by Crippen LogP contribution is -2.24. The first-order valence-corrected chi connectivity index (χ1v) is 5.69. The molecule has 5 nitrogen and oxygen atoms in total. The van der Waals surface area contributed by atoms with Crippen molar-refractivity contribution in [3.05, 3.63) is 23.9 Å². The van der Waals surface area contributed by atoms with Gasteiger partial charge in [-0.25, -0.2) is 4.98 Å².